The molecule has 0 radical (unpaired) electrons. The zero-order valence-electron chi connectivity index (χ0n) is 15.5. The van der Waals surface area contributed by atoms with Gasteiger partial charge in [0.1, 0.15) is 0 Å². The van der Waals surface area contributed by atoms with Crippen molar-refractivity contribution in [1.82, 2.24) is 9.80 Å². The maximum Gasteiger partial charge on any atom is 0.255 e. The van der Waals surface area contributed by atoms with E-state index in [-0.39, 0.29) is 11.8 Å². The fraction of sp³-hybridized carbons (Fsp3) is 0.400. The molecule has 2 aromatic rings. The number of thiophene rings is 1. The Morgan fingerprint density at radius 2 is 1.69 bits per heavy atom. The van der Waals surface area contributed by atoms with E-state index >= 15 is 0 Å². The molecular formula is C20H25N3O2S. The van der Waals surface area contributed by atoms with Crippen molar-refractivity contribution in [1.29, 1.82) is 0 Å². The molecule has 3 rings (SSSR count). The molecule has 1 fully saturated rings. The fourth-order valence-electron chi connectivity index (χ4n) is 3.16. The van der Waals surface area contributed by atoms with E-state index < -0.39 is 0 Å². The largest absolute Gasteiger partial charge is 0.336 e. The van der Waals surface area contributed by atoms with Crippen LogP contribution in [0.3, 0.4) is 0 Å². The van der Waals surface area contributed by atoms with E-state index in [9.17, 15) is 9.59 Å². The Kier molecular flexibility index (Phi) is 5.74. The van der Waals surface area contributed by atoms with Crippen LogP contribution in [0.4, 0.5) is 5.69 Å². The first-order valence-corrected chi connectivity index (χ1v) is 9.69. The summed E-state index contributed by atoms with van der Waals surface area (Å²) >= 11 is 1.66. The summed E-state index contributed by atoms with van der Waals surface area (Å²) < 4.78 is 0. The van der Waals surface area contributed by atoms with Crippen LogP contribution in [0.5, 0.6) is 0 Å². The van der Waals surface area contributed by atoms with Gasteiger partial charge in [0.05, 0.1) is 12.1 Å². The second-order valence-corrected chi connectivity index (χ2v) is 8.27. The van der Waals surface area contributed by atoms with Crippen molar-refractivity contribution in [3.05, 3.63) is 51.2 Å². The molecular weight excluding hydrogens is 346 g/mol. The van der Waals surface area contributed by atoms with E-state index in [1.54, 1.807) is 11.3 Å². The molecule has 0 atom stereocenters. The molecule has 2 heterocycles. The molecule has 0 spiro atoms. The number of aryl methyl sites for hydroxylation is 3. The number of amides is 2. The molecule has 0 aliphatic carbocycles. The average molecular weight is 372 g/mol. The molecule has 1 saturated heterocycles. The van der Waals surface area contributed by atoms with Crippen LogP contribution in [-0.2, 0) is 4.79 Å². The van der Waals surface area contributed by atoms with Crippen LogP contribution in [0.15, 0.2) is 30.3 Å². The lowest BCUT2D eigenvalue weighted by molar-refractivity contribution is -0.117. The summed E-state index contributed by atoms with van der Waals surface area (Å²) in [4.78, 5) is 31.1. The molecule has 1 aromatic heterocycles. The van der Waals surface area contributed by atoms with Gasteiger partial charge in [0.2, 0.25) is 5.91 Å². The molecule has 138 valence electrons. The minimum Gasteiger partial charge on any atom is -0.336 e. The second kappa shape index (κ2) is 8.01. The highest BCUT2D eigenvalue weighted by molar-refractivity contribution is 7.12. The molecule has 2 amide bonds. The van der Waals surface area contributed by atoms with Crippen molar-refractivity contribution in [3.8, 4) is 0 Å². The number of carbonyl (C=O) groups is 2. The SMILES string of the molecule is Cc1ccc(NC(=O)CN2CCN(C(=O)c3cc(C)sc3C)CC2)cc1. The Bertz CT molecular complexity index is 790. The maximum absolute atomic E-state index is 12.7. The van der Waals surface area contributed by atoms with Crippen LogP contribution < -0.4 is 5.32 Å². The highest BCUT2D eigenvalue weighted by Crippen LogP contribution is 2.22. The zero-order chi connectivity index (χ0) is 18.7. The van der Waals surface area contributed by atoms with Crippen molar-refractivity contribution in [2.45, 2.75) is 20.8 Å². The van der Waals surface area contributed by atoms with E-state index in [1.165, 1.54) is 5.56 Å². The smallest absolute Gasteiger partial charge is 0.255 e. The lowest BCUT2D eigenvalue weighted by Crippen LogP contribution is -2.50. The van der Waals surface area contributed by atoms with Crippen LogP contribution in [-0.4, -0.2) is 54.3 Å². The summed E-state index contributed by atoms with van der Waals surface area (Å²) in [6.45, 7) is 9.15. The Morgan fingerprint density at radius 3 is 2.27 bits per heavy atom. The molecule has 26 heavy (non-hydrogen) atoms. The number of hydrogen-bond donors (Lipinski definition) is 1. The summed E-state index contributed by atoms with van der Waals surface area (Å²) in [5.41, 5.74) is 2.80. The predicted octanol–water partition coefficient (Wildman–Crippen LogP) is 3.07. The van der Waals surface area contributed by atoms with Crippen molar-refractivity contribution >= 4 is 28.8 Å². The van der Waals surface area contributed by atoms with Gasteiger partial charge in [-0.15, -0.1) is 11.3 Å². The van der Waals surface area contributed by atoms with Crippen molar-refractivity contribution in [2.24, 2.45) is 0 Å². The van der Waals surface area contributed by atoms with E-state index in [2.05, 4.69) is 10.2 Å². The minimum atomic E-state index is -0.0158. The van der Waals surface area contributed by atoms with E-state index in [4.69, 9.17) is 0 Å². The molecule has 1 aromatic carbocycles. The van der Waals surface area contributed by atoms with E-state index in [0.29, 0.717) is 19.6 Å². The number of nitrogens with one attached hydrogen (secondary N) is 1. The van der Waals surface area contributed by atoms with Crippen molar-refractivity contribution in [2.75, 3.05) is 38.0 Å². The number of nitrogens with zero attached hydrogens (tertiary/aromatic N) is 2. The lowest BCUT2D eigenvalue weighted by Gasteiger charge is -2.34. The van der Waals surface area contributed by atoms with E-state index in [1.807, 2.05) is 56.0 Å². The first-order valence-electron chi connectivity index (χ1n) is 8.87. The summed E-state index contributed by atoms with van der Waals surface area (Å²) in [7, 11) is 0. The number of anilines is 1. The standard InChI is InChI=1S/C20H25N3O2S/c1-14-4-6-17(7-5-14)21-19(24)13-22-8-10-23(11-9-22)20(25)18-12-15(2)26-16(18)3/h4-7,12H,8-11,13H2,1-3H3,(H,21,24). The summed E-state index contributed by atoms with van der Waals surface area (Å²) in [5, 5.41) is 2.93. The molecule has 0 saturated carbocycles. The van der Waals surface area contributed by atoms with Gasteiger partial charge in [0.15, 0.2) is 0 Å². The monoisotopic (exact) mass is 371 g/mol. The third-order valence-corrected chi connectivity index (χ3v) is 5.60. The summed E-state index contributed by atoms with van der Waals surface area (Å²) in [5.74, 6) is 0.0912. The molecule has 6 heteroatoms. The second-order valence-electron chi connectivity index (χ2n) is 6.81. The highest BCUT2D eigenvalue weighted by Gasteiger charge is 2.24. The van der Waals surface area contributed by atoms with Crippen LogP contribution >= 0.6 is 11.3 Å². The van der Waals surface area contributed by atoms with Crippen LogP contribution in [0.2, 0.25) is 0 Å². The van der Waals surface area contributed by atoms with E-state index in [0.717, 1.165) is 34.1 Å². The quantitative estimate of drug-likeness (QED) is 0.899. The number of hydrogen-bond acceptors (Lipinski definition) is 4. The number of piperazine rings is 1. The molecule has 0 bridgehead atoms. The van der Waals surface area contributed by atoms with Gasteiger partial charge >= 0.3 is 0 Å². The normalized spacial score (nSPS) is 15.1. The lowest BCUT2D eigenvalue weighted by atomic mass is 10.2. The summed E-state index contributed by atoms with van der Waals surface area (Å²) in [6, 6.07) is 9.76. The molecule has 0 unspecified atom stereocenters. The maximum atomic E-state index is 12.7. The zero-order valence-corrected chi connectivity index (χ0v) is 16.4. The predicted molar refractivity (Wildman–Crippen MR) is 106 cm³/mol. The number of benzene rings is 1. The molecule has 1 aliphatic heterocycles. The van der Waals surface area contributed by atoms with Crippen LogP contribution in [0.1, 0.15) is 25.7 Å². The fourth-order valence-corrected chi connectivity index (χ4v) is 4.08. The van der Waals surface area contributed by atoms with Gasteiger partial charge in [-0.05, 0) is 39.0 Å². The first kappa shape index (κ1) is 18.6. The van der Waals surface area contributed by atoms with Gasteiger partial charge in [-0.25, -0.2) is 0 Å². The first-order chi connectivity index (χ1) is 12.4. The van der Waals surface area contributed by atoms with Gasteiger partial charge in [-0.3, -0.25) is 14.5 Å². The Labute approximate surface area is 158 Å². The van der Waals surface area contributed by atoms with Gasteiger partial charge in [-0.2, -0.15) is 0 Å². The van der Waals surface area contributed by atoms with Gasteiger partial charge < -0.3 is 10.2 Å². The molecule has 5 nitrogen and oxygen atoms in total. The topological polar surface area (TPSA) is 52.7 Å². The van der Waals surface area contributed by atoms with Crippen molar-refractivity contribution in [3.63, 3.8) is 0 Å². The van der Waals surface area contributed by atoms with Crippen molar-refractivity contribution < 1.29 is 9.59 Å². The Morgan fingerprint density at radius 1 is 1.04 bits per heavy atom. The number of carbonyl (C=O) groups excluding carboxylic acids is 2. The third-order valence-electron chi connectivity index (χ3n) is 4.63. The Hall–Kier alpha value is -2.18. The molecule has 1 aliphatic rings. The van der Waals surface area contributed by atoms with Gasteiger partial charge in [-0.1, -0.05) is 17.7 Å². The third kappa shape index (κ3) is 4.51. The van der Waals surface area contributed by atoms with Crippen LogP contribution in [0, 0.1) is 20.8 Å². The van der Waals surface area contributed by atoms with Gasteiger partial charge in [0, 0.05) is 41.6 Å². The average Bonchev–Trinajstić information content (AvgIpc) is 2.95. The highest BCUT2D eigenvalue weighted by atomic mass is 32.1. The molecule has 1 N–H and O–H groups in total. The Balaban J connectivity index is 1.49. The summed E-state index contributed by atoms with van der Waals surface area (Å²) in [6.07, 6.45) is 0. The number of rotatable bonds is 4. The van der Waals surface area contributed by atoms with Crippen LogP contribution in [0.25, 0.3) is 0 Å². The minimum absolute atomic E-state index is 0.0158. The van der Waals surface area contributed by atoms with Gasteiger partial charge in [0.25, 0.3) is 5.91 Å².